The van der Waals surface area contributed by atoms with Gasteiger partial charge in [-0.25, -0.2) is 9.59 Å². The number of ether oxygens (including phenoxy) is 3. The Kier molecular flexibility index (Phi) is 8.49. The Balaban J connectivity index is 1.38. The lowest BCUT2D eigenvalue weighted by Crippen LogP contribution is -2.45. The van der Waals surface area contributed by atoms with Crippen LogP contribution in [-0.4, -0.2) is 36.0 Å². The molecule has 0 saturated carbocycles. The summed E-state index contributed by atoms with van der Waals surface area (Å²) in [5, 5.41) is 4.60. The minimum Gasteiger partial charge on any atom is -0.489 e. The van der Waals surface area contributed by atoms with Gasteiger partial charge >= 0.3 is 12.1 Å². The highest BCUT2D eigenvalue weighted by Gasteiger charge is 2.36. The maximum absolute atomic E-state index is 12.9. The molecule has 3 amide bonds. The molecule has 1 aliphatic heterocycles. The Labute approximate surface area is 213 Å². The molecule has 2 N–H and O–H groups in total. The fourth-order valence-corrected chi connectivity index (χ4v) is 3.65. The number of nitrogens with one attached hydrogen (secondary N) is 2. The van der Waals surface area contributed by atoms with Crippen molar-refractivity contribution in [3.63, 3.8) is 0 Å². The molecule has 37 heavy (non-hydrogen) atoms. The van der Waals surface area contributed by atoms with Crippen LogP contribution in [-0.2, 0) is 43.5 Å². The van der Waals surface area contributed by atoms with Crippen LogP contribution < -0.4 is 15.4 Å². The first-order valence-corrected chi connectivity index (χ1v) is 11.7. The summed E-state index contributed by atoms with van der Waals surface area (Å²) in [6.07, 6.45) is -2.25. The van der Waals surface area contributed by atoms with Crippen LogP contribution in [0, 0.1) is 0 Å². The van der Waals surface area contributed by atoms with Gasteiger partial charge in [0.05, 0.1) is 6.42 Å². The maximum atomic E-state index is 12.9. The van der Waals surface area contributed by atoms with Gasteiger partial charge in [-0.2, -0.15) is 0 Å². The average molecular weight is 503 g/mol. The van der Waals surface area contributed by atoms with E-state index in [2.05, 4.69) is 10.6 Å². The molecular formula is C28H26N2O7. The van der Waals surface area contributed by atoms with Crippen LogP contribution >= 0.6 is 0 Å². The smallest absolute Gasteiger partial charge is 0.408 e. The predicted molar refractivity (Wildman–Crippen MR) is 132 cm³/mol. The molecule has 0 radical (unpaired) electrons. The molecule has 0 aromatic heterocycles. The van der Waals surface area contributed by atoms with E-state index in [-0.39, 0.29) is 19.4 Å². The zero-order valence-corrected chi connectivity index (χ0v) is 19.9. The van der Waals surface area contributed by atoms with E-state index < -0.39 is 36.0 Å². The van der Waals surface area contributed by atoms with E-state index in [1.54, 1.807) is 36.4 Å². The van der Waals surface area contributed by atoms with Gasteiger partial charge in [-0.3, -0.25) is 14.9 Å². The molecule has 1 fully saturated rings. The predicted octanol–water partition coefficient (Wildman–Crippen LogP) is 3.06. The van der Waals surface area contributed by atoms with Crippen molar-refractivity contribution in [2.75, 3.05) is 0 Å². The Morgan fingerprint density at radius 1 is 0.838 bits per heavy atom. The van der Waals surface area contributed by atoms with E-state index in [9.17, 15) is 19.2 Å². The van der Waals surface area contributed by atoms with E-state index in [0.29, 0.717) is 17.9 Å². The number of carbonyl (C=O) groups excluding carboxylic acids is 4. The molecule has 1 aliphatic rings. The number of imide groups is 1. The van der Waals surface area contributed by atoms with Crippen molar-refractivity contribution in [1.82, 2.24) is 10.6 Å². The standard InChI is InChI=1S/C28H26N2O7/c31-25-16-24(26(32)30-25)37-27(33)23(29-28(34)36-18-21-9-5-2-6-10-21)15-19-11-13-22(14-12-19)35-17-20-7-3-1-4-8-20/h1-14,23-24H,15-18H2,(H,29,34)(H,30,31,32)/t23-,24?/m0/s1. The van der Waals surface area contributed by atoms with Crippen molar-refractivity contribution in [3.8, 4) is 5.75 Å². The number of hydrogen-bond acceptors (Lipinski definition) is 7. The summed E-state index contributed by atoms with van der Waals surface area (Å²) in [6, 6.07) is 24.7. The lowest BCUT2D eigenvalue weighted by molar-refractivity contribution is -0.156. The molecule has 4 rings (SSSR count). The number of amides is 3. The van der Waals surface area contributed by atoms with Crippen LogP contribution in [0.2, 0.25) is 0 Å². The molecule has 1 saturated heterocycles. The number of esters is 1. The number of hydrogen-bond donors (Lipinski definition) is 2. The summed E-state index contributed by atoms with van der Waals surface area (Å²) in [5.41, 5.74) is 2.52. The molecule has 3 aromatic carbocycles. The summed E-state index contributed by atoms with van der Waals surface area (Å²) in [4.78, 5) is 48.6. The number of alkyl carbamates (subject to hydrolysis) is 1. The van der Waals surface area contributed by atoms with Gasteiger partial charge in [0, 0.05) is 6.42 Å². The third-order valence-electron chi connectivity index (χ3n) is 5.59. The van der Waals surface area contributed by atoms with E-state index >= 15 is 0 Å². The van der Waals surface area contributed by atoms with Crippen molar-refractivity contribution in [1.29, 1.82) is 0 Å². The minimum absolute atomic E-state index is 0.0153. The molecule has 190 valence electrons. The fraction of sp³-hybridized carbons (Fsp3) is 0.214. The van der Waals surface area contributed by atoms with Gasteiger partial charge in [0.15, 0.2) is 6.10 Å². The van der Waals surface area contributed by atoms with Crippen molar-refractivity contribution >= 4 is 23.9 Å². The van der Waals surface area contributed by atoms with E-state index in [1.165, 1.54) is 0 Å². The second-order valence-electron chi connectivity index (χ2n) is 8.42. The molecule has 0 aliphatic carbocycles. The van der Waals surface area contributed by atoms with Crippen LogP contribution in [0.25, 0.3) is 0 Å². The van der Waals surface area contributed by atoms with Gasteiger partial charge in [0.2, 0.25) is 5.91 Å². The van der Waals surface area contributed by atoms with Gasteiger partial charge in [-0.1, -0.05) is 72.8 Å². The summed E-state index contributed by atoms with van der Waals surface area (Å²) in [5.74, 6) is -1.43. The van der Waals surface area contributed by atoms with E-state index in [0.717, 1.165) is 11.1 Å². The molecule has 3 aromatic rings. The quantitative estimate of drug-likeness (QED) is 0.323. The highest BCUT2D eigenvalue weighted by Crippen LogP contribution is 2.17. The van der Waals surface area contributed by atoms with Crippen molar-refractivity contribution in [2.45, 2.75) is 38.2 Å². The number of rotatable bonds is 10. The van der Waals surface area contributed by atoms with Crippen molar-refractivity contribution < 1.29 is 33.4 Å². The second-order valence-corrected chi connectivity index (χ2v) is 8.42. The van der Waals surface area contributed by atoms with Crippen molar-refractivity contribution in [3.05, 3.63) is 102 Å². The van der Waals surface area contributed by atoms with Gasteiger partial charge in [0.25, 0.3) is 5.91 Å². The largest absolute Gasteiger partial charge is 0.489 e. The first kappa shape index (κ1) is 25.4. The number of carbonyl (C=O) groups is 4. The van der Waals surface area contributed by atoms with E-state index in [1.807, 2.05) is 48.5 Å². The molecule has 1 heterocycles. The molecule has 9 heteroatoms. The number of benzene rings is 3. The van der Waals surface area contributed by atoms with Crippen LogP contribution in [0.3, 0.4) is 0 Å². The minimum atomic E-state index is -1.24. The van der Waals surface area contributed by atoms with Gasteiger partial charge < -0.3 is 19.5 Å². The third-order valence-corrected chi connectivity index (χ3v) is 5.59. The average Bonchev–Trinajstić information content (AvgIpc) is 3.23. The summed E-state index contributed by atoms with van der Waals surface area (Å²) in [6.45, 7) is 0.424. The summed E-state index contributed by atoms with van der Waals surface area (Å²) in [7, 11) is 0. The van der Waals surface area contributed by atoms with Crippen LogP contribution in [0.4, 0.5) is 4.79 Å². The molecule has 2 atom stereocenters. The Morgan fingerprint density at radius 2 is 1.46 bits per heavy atom. The zero-order chi connectivity index (χ0) is 26.0. The Hall–Kier alpha value is -4.66. The molecule has 1 unspecified atom stereocenters. The van der Waals surface area contributed by atoms with Gasteiger partial charge in [-0.15, -0.1) is 0 Å². The van der Waals surface area contributed by atoms with Crippen LogP contribution in [0.5, 0.6) is 5.75 Å². The second kappa shape index (κ2) is 12.3. The van der Waals surface area contributed by atoms with Gasteiger partial charge in [0.1, 0.15) is 25.0 Å². The SMILES string of the molecule is O=C1CC(OC(=O)[C@H](Cc2ccc(OCc3ccccc3)cc2)NC(=O)OCc2ccccc2)C(=O)N1. The Bertz CT molecular complexity index is 1230. The highest BCUT2D eigenvalue weighted by molar-refractivity contribution is 6.05. The molecule has 0 bridgehead atoms. The Morgan fingerprint density at radius 3 is 2.05 bits per heavy atom. The molecular weight excluding hydrogens is 476 g/mol. The monoisotopic (exact) mass is 502 g/mol. The summed E-state index contributed by atoms with van der Waals surface area (Å²) < 4.78 is 16.3. The van der Waals surface area contributed by atoms with Crippen LogP contribution in [0.15, 0.2) is 84.9 Å². The van der Waals surface area contributed by atoms with Gasteiger partial charge in [-0.05, 0) is 28.8 Å². The van der Waals surface area contributed by atoms with E-state index in [4.69, 9.17) is 14.2 Å². The topological polar surface area (TPSA) is 120 Å². The van der Waals surface area contributed by atoms with Crippen LogP contribution in [0.1, 0.15) is 23.1 Å². The first-order valence-electron chi connectivity index (χ1n) is 11.7. The summed E-state index contributed by atoms with van der Waals surface area (Å²) >= 11 is 0. The zero-order valence-electron chi connectivity index (χ0n) is 19.9. The lowest BCUT2D eigenvalue weighted by Gasteiger charge is -2.19. The fourth-order valence-electron chi connectivity index (χ4n) is 3.65. The molecule has 0 spiro atoms. The third kappa shape index (κ3) is 7.66. The lowest BCUT2D eigenvalue weighted by atomic mass is 10.1. The van der Waals surface area contributed by atoms with Crippen molar-refractivity contribution in [2.24, 2.45) is 0 Å². The highest BCUT2D eigenvalue weighted by atomic mass is 16.6. The first-order chi connectivity index (χ1) is 18.0. The maximum Gasteiger partial charge on any atom is 0.408 e. The normalized spacial score (nSPS) is 15.4. The molecule has 9 nitrogen and oxygen atoms in total.